The molecule has 0 aromatic heterocycles. The maximum atomic E-state index is 12.8. The Kier molecular flexibility index (Phi) is 5.25. The molecule has 6 heteroatoms. The molecule has 0 bridgehead atoms. The van der Waals surface area contributed by atoms with Crippen molar-refractivity contribution in [3.63, 3.8) is 0 Å². The van der Waals surface area contributed by atoms with Crippen LogP contribution < -0.4 is 0 Å². The lowest BCUT2D eigenvalue weighted by atomic mass is 10.4. The van der Waals surface area contributed by atoms with E-state index >= 15 is 0 Å². The van der Waals surface area contributed by atoms with Crippen LogP contribution >= 0.6 is 0 Å². The van der Waals surface area contributed by atoms with E-state index in [0.717, 1.165) is 12.1 Å². The van der Waals surface area contributed by atoms with Crippen LogP contribution in [0.3, 0.4) is 0 Å². The molecule has 0 saturated carbocycles. The molecule has 0 aliphatic heterocycles. The van der Waals surface area contributed by atoms with Gasteiger partial charge in [0.1, 0.15) is 5.82 Å². The van der Waals surface area contributed by atoms with Gasteiger partial charge in [-0.3, -0.25) is 0 Å². The third-order valence-electron chi connectivity index (χ3n) is 2.51. The molecule has 0 aliphatic rings. The van der Waals surface area contributed by atoms with E-state index < -0.39 is 15.8 Å². The van der Waals surface area contributed by atoms with Gasteiger partial charge in [0, 0.05) is 19.7 Å². The van der Waals surface area contributed by atoms with Crippen LogP contribution in [-0.4, -0.2) is 39.0 Å². The van der Waals surface area contributed by atoms with E-state index in [4.69, 9.17) is 4.74 Å². The number of hydrogen-bond acceptors (Lipinski definition) is 3. The lowest BCUT2D eigenvalue weighted by Gasteiger charge is -2.25. The molecular formula is C12H18FNO3S. The second-order valence-electron chi connectivity index (χ2n) is 4.16. The largest absolute Gasteiger partial charge is 0.383 e. The average molecular weight is 275 g/mol. The summed E-state index contributed by atoms with van der Waals surface area (Å²) in [6.07, 6.45) is 0. The van der Waals surface area contributed by atoms with Gasteiger partial charge >= 0.3 is 0 Å². The fourth-order valence-corrected chi connectivity index (χ4v) is 3.20. The first-order valence-electron chi connectivity index (χ1n) is 5.66. The number of methoxy groups -OCH3 is 1. The maximum Gasteiger partial charge on any atom is 0.243 e. The zero-order valence-electron chi connectivity index (χ0n) is 10.8. The highest BCUT2D eigenvalue weighted by molar-refractivity contribution is 7.89. The van der Waals surface area contributed by atoms with Crippen LogP contribution in [0.2, 0.25) is 0 Å². The zero-order chi connectivity index (χ0) is 13.8. The summed E-state index contributed by atoms with van der Waals surface area (Å²) in [7, 11) is -2.09. The monoisotopic (exact) mass is 275 g/mol. The lowest BCUT2D eigenvalue weighted by Crippen LogP contribution is -2.39. The molecule has 0 N–H and O–H groups in total. The summed E-state index contributed by atoms with van der Waals surface area (Å²) in [5, 5.41) is 0. The summed E-state index contributed by atoms with van der Waals surface area (Å²) in [5.74, 6) is -0.457. The standard InChI is InChI=1S/C12H18FNO3S/c1-10(2)14(8-9-17-3)18(15,16)12-6-4-11(13)5-7-12/h4-7,10H,8-9H2,1-3H3. The Balaban J connectivity index is 3.05. The number of sulfonamides is 1. The predicted molar refractivity (Wildman–Crippen MR) is 67.3 cm³/mol. The summed E-state index contributed by atoms with van der Waals surface area (Å²) < 4.78 is 43.7. The number of benzene rings is 1. The molecule has 0 saturated heterocycles. The second-order valence-corrected chi connectivity index (χ2v) is 6.05. The molecule has 18 heavy (non-hydrogen) atoms. The number of hydrogen-bond donors (Lipinski definition) is 0. The number of rotatable bonds is 6. The molecule has 0 atom stereocenters. The Morgan fingerprint density at radius 3 is 2.28 bits per heavy atom. The van der Waals surface area contributed by atoms with Crippen molar-refractivity contribution in [2.75, 3.05) is 20.3 Å². The Bertz CT molecular complexity index is 471. The molecule has 0 spiro atoms. The van der Waals surface area contributed by atoms with Crippen molar-refractivity contribution < 1.29 is 17.5 Å². The van der Waals surface area contributed by atoms with E-state index in [1.54, 1.807) is 13.8 Å². The van der Waals surface area contributed by atoms with Crippen LogP contribution in [0.4, 0.5) is 4.39 Å². The topological polar surface area (TPSA) is 46.6 Å². The van der Waals surface area contributed by atoms with E-state index in [1.165, 1.54) is 23.5 Å². The van der Waals surface area contributed by atoms with Crippen molar-refractivity contribution in [2.45, 2.75) is 24.8 Å². The van der Waals surface area contributed by atoms with Gasteiger partial charge in [-0.1, -0.05) is 0 Å². The van der Waals surface area contributed by atoms with E-state index in [-0.39, 0.29) is 17.5 Å². The van der Waals surface area contributed by atoms with Crippen molar-refractivity contribution in [3.8, 4) is 0 Å². The van der Waals surface area contributed by atoms with Crippen LogP contribution in [0.1, 0.15) is 13.8 Å². The molecule has 1 aromatic rings. The summed E-state index contributed by atoms with van der Waals surface area (Å²) in [6.45, 7) is 4.17. The number of halogens is 1. The normalized spacial score (nSPS) is 12.3. The van der Waals surface area contributed by atoms with E-state index in [0.29, 0.717) is 6.61 Å². The van der Waals surface area contributed by atoms with E-state index in [2.05, 4.69) is 0 Å². The fraction of sp³-hybridized carbons (Fsp3) is 0.500. The highest BCUT2D eigenvalue weighted by atomic mass is 32.2. The van der Waals surface area contributed by atoms with E-state index in [9.17, 15) is 12.8 Å². The molecule has 0 fully saturated rings. The first-order chi connectivity index (χ1) is 8.39. The van der Waals surface area contributed by atoms with Gasteiger partial charge in [0.2, 0.25) is 10.0 Å². The van der Waals surface area contributed by atoms with Crippen molar-refractivity contribution >= 4 is 10.0 Å². The summed E-state index contributed by atoms with van der Waals surface area (Å²) >= 11 is 0. The first-order valence-corrected chi connectivity index (χ1v) is 7.10. The third-order valence-corrected chi connectivity index (χ3v) is 4.60. The van der Waals surface area contributed by atoms with Crippen molar-refractivity contribution in [1.82, 2.24) is 4.31 Å². The summed E-state index contributed by atoms with van der Waals surface area (Å²) in [6, 6.07) is 4.64. The highest BCUT2D eigenvalue weighted by Crippen LogP contribution is 2.18. The van der Waals surface area contributed by atoms with Gasteiger partial charge in [-0.05, 0) is 38.1 Å². The molecule has 0 heterocycles. The van der Waals surface area contributed by atoms with Crippen LogP contribution in [0, 0.1) is 5.82 Å². The lowest BCUT2D eigenvalue weighted by molar-refractivity contribution is 0.171. The Morgan fingerprint density at radius 1 is 1.28 bits per heavy atom. The van der Waals surface area contributed by atoms with Crippen LogP contribution in [0.15, 0.2) is 29.2 Å². The minimum absolute atomic E-state index is 0.0914. The van der Waals surface area contributed by atoms with Gasteiger partial charge < -0.3 is 4.74 Å². The zero-order valence-corrected chi connectivity index (χ0v) is 11.6. The predicted octanol–water partition coefficient (Wildman–Crippen LogP) is 1.87. The van der Waals surface area contributed by atoms with Gasteiger partial charge in [0.25, 0.3) is 0 Å². The van der Waals surface area contributed by atoms with Crippen molar-refractivity contribution in [3.05, 3.63) is 30.1 Å². The van der Waals surface area contributed by atoms with Crippen LogP contribution in [0.25, 0.3) is 0 Å². The van der Waals surface area contributed by atoms with Gasteiger partial charge in [-0.2, -0.15) is 4.31 Å². The summed E-state index contributed by atoms with van der Waals surface area (Å²) in [4.78, 5) is 0.0914. The fourth-order valence-electron chi connectivity index (χ4n) is 1.58. The van der Waals surface area contributed by atoms with Crippen molar-refractivity contribution in [1.29, 1.82) is 0 Å². The molecule has 0 radical (unpaired) electrons. The van der Waals surface area contributed by atoms with Gasteiger partial charge in [-0.25, -0.2) is 12.8 Å². The molecule has 102 valence electrons. The molecule has 0 unspecified atom stereocenters. The minimum Gasteiger partial charge on any atom is -0.383 e. The number of ether oxygens (including phenoxy) is 1. The Labute approximate surface area is 107 Å². The molecule has 0 amide bonds. The van der Waals surface area contributed by atoms with Crippen LogP contribution in [0.5, 0.6) is 0 Å². The van der Waals surface area contributed by atoms with E-state index in [1.807, 2.05) is 0 Å². The first kappa shape index (κ1) is 15.1. The molecule has 4 nitrogen and oxygen atoms in total. The maximum absolute atomic E-state index is 12.8. The van der Waals surface area contributed by atoms with Gasteiger partial charge in [-0.15, -0.1) is 0 Å². The van der Waals surface area contributed by atoms with Crippen LogP contribution in [-0.2, 0) is 14.8 Å². The SMILES string of the molecule is COCCN(C(C)C)S(=O)(=O)c1ccc(F)cc1. The minimum atomic E-state index is -3.60. The number of nitrogens with zero attached hydrogens (tertiary/aromatic N) is 1. The van der Waals surface area contributed by atoms with Gasteiger partial charge in [0.15, 0.2) is 0 Å². The highest BCUT2D eigenvalue weighted by Gasteiger charge is 2.26. The smallest absolute Gasteiger partial charge is 0.243 e. The molecule has 0 aliphatic carbocycles. The molecular weight excluding hydrogens is 257 g/mol. The Hall–Kier alpha value is -0.980. The average Bonchev–Trinajstić information content (AvgIpc) is 2.29. The Morgan fingerprint density at radius 2 is 1.83 bits per heavy atom. The third kappa shape index (κ3) is 3.51. The quantitative estimate of drug-likeness (QED) is 0.796. The molecule has 1 aromatic carbocycles. The second kappa shape index (κ2) is 6.26. The van der Waals surface area contributed by atoms with Crippen molar-refractivity contribution in [2.24, 2.45) is 0 Å². The summed E-state index contributed by atoms with van der Waals surface area (Å²) in [5.41, 5.74) is 0. The van der Waals surface area contributed by atoms with Gasteiger partial charge in [0.05, 0.1) is 11.5 Å². The molecule has 1 rings (SSSR count).